The fraction of sp³-hybridized carbons (Fsp3) is 0.467. The number of nitrogens with zero attached hydrogens (tertiary/aromatic N) is 1. The van der Waals surface area contributed by atoms with Crippen LogP contribution in [-0.2, 0) is 4.79 Å². The number of carboxylic acids is 1. The molecule has 4 nitrogen and oxygen atoms in total. The minimum atomic E-state index is -0.657. The van der Waals surface area contributed by atoms with Crippen LogP contribution in [0, 0.1) is 17.8 Å². The molecule has 20 heavy (non-hydrogen) atoms. The monoisotopic (exact) mass is 288 g/mol. The lowest BCUT2D eigenvalue weighted by Crippen LogP contribution is -2.39. The van der Waals surface area contributed by atoms with E-state index in [0.29, 0.717) is 11.8 Å². The van der Waals surface area contributed by atoms with Crippen LogP contribution in [0.15, 0.2) is 24.3 Å². The highest BCUT2D eigenvalue weighted by Crippen LogP contribution is 2.49. The topological polar surface area (TPSA) is 62.2 Å². The Morgan fingerprint density at radius 2 is 2.10 bits per heavy atom. The highest BCUT2D eigenvalue weighted by Gasteiger charge is 2.51. The molecule has 4 rings (SSSR count). The van der Waals surface area contributed by atoms with Crippen LogP contribution in [0.2, 0.25) is 0 Å². The summed E-state index contributed by atoms with van der Waals surface area (Å²) in [5, 5.41) is 13.7. The molecule has 0 spiro atoms. The van der Waals surface area contributed by atoms with Crippen molar-refractivity contribution in [3.63, 3.8) is 0 Å². The van der Waals surface area contributed by atoms with Gasteiger partial charge in [0, 0.05) is 6.04 Å². The van der Waals surface area contributed by atoms with E-state index < -0.39 is 5.97 Å². The molecule has 2 bridgehead atoms. The number of carbonyl (C=O) groups is 1. The average Bonchev–Trinajstić information content (AvgIpc) is 3.10. The summed E-state index contributed by atoms with van der Waals surface area (Å²) in [7, 11) is 0. The molecule has 104 valence electrons. The molecule has 0 amide bonds. The number of fused-ring (bicyclic) bond motifs is 3. The maximum absolute atomic E-state index is 11.5. The van der Waals surface area contributed by atoms with Gasteiger partial charge in [0.2, 0.25) is 0 Å². The highest BCUT2D eigenvalue weighted by atomic mass is 32.1. The van der Waals surface area contributed by atoms with Gasteiger partial charge >= 0.3 is 5.97 Å². The molecule has 1 heterocycles. The van der Waals surface area contributed by atoms with Gasteiger partial charge in [-0.15, -0.1) is 0 Å². The lowest BCUT2D eigenvalue weighted by molar-refractivity contribution is -0.143. The number of hydrogen-bond acceptors (Lipinski definition) is 4. The lowest BCUT2D eigenvalue weighted by atomic mass is 9.84. The van der Waals surface area contributed by atoms with Gasteiger partial charge in [-0.25, -0.2) is 4.98 Å². The van der Waals surface area contributed by atoms with Crippen molar-refractivity contribution in [2.45, 2.75) is 25.3 Å². The summed E-state index contributed by atoms with van der Waals surface area (Å²) in [4.78, 5) is 16.1. The minimum Gasteiger partial charge on any atom is -0.481 e. The van der Waals surface area contributed by atoms with Crippen LogP contribution < -0.4 is 5.32 Å². The van der Waals surface area contributed by atoms with E-state index in [9.17, 15) is 9.90 Å². The summed E-state index contributed by atoms with van der Waals surface area (Å²) < 4.78 is 1.14. The van der Waals surface area contributed by atoms with Crippen LogP contribution >= 0.6 is 11.3 Å². The molecule has 2 aliphatic rings. The van der Waals surface area contributed by atoms with Crippen LogP contribution in [0.1, 0.15) is 19.3 Å². The van der Waals surface area contributed by atoms with Gasteiger partial charge in [-0.2, -0.15) is 0 Å². The van der Waals surface area contributed by atoms with Crippen molar-refractivity contribution in [2.24, 2.45) is 17.8 Å². The molecule has 4 unspecified atom stereocenters. The van der Waals surface area contributed by atoms with Gasteiger partial charge in [0.15, 0.2) is 5.13 Å². The summed E-state index contributed by atoms with van der Waals surface area (Å²) in [6.45, 7) is 0. The normalized spacial score (nSPS) is 31.8. The maximum atomic E-state index is 11.5. The standard InChI is InChI=1S/C15H16N2O2S/c18-14(19)12-8-5-6-9(7-8)13(12)17-15-16-10-3-1-2-4-11(10)20-15/h1-4,8-9,12-13H,5-7H2,(H,16,17)(H,18,19). The SMILES string of the molecule is O=C(O)C1C2CCC(C2)C1Nc1nc2ccccc2s1. The second kappa shape index (κ2) is 4.45. The molecule has 2 fully saturated rings. The largest absolute Gasteiger partial charge is 0.481 e. The summed E-state index contributed by atoms with van der Waals surface area (Å²) in [6.07, 6.45) is 3.27. The number of para-hydroxylation sites is 1. The minimum absolute atomic E-state index is 0.0480. The number of thiazole rings is 1. The molecule has 4 atom stereocenters. The van der Waals surface area contributed by atoms with Gasteiger partial charge in [-0.05, 0) is 43.2 Å². The van der Waals surface area contributed by atoms with Crippen molar-refractivity contribution >= 4 is 32.7 Å². The summed E-state index contributed by atoms with van der Waals surface area (Å²) in [5.74, 6) is -0.0611. The first kappa shape index (κ1) is 12.1. The fourth-order valence-electron chi connectivity index (χ4n) is 3.93. The second-order valence-electron chi connectivity index (χ2n) is 5.85. The molecular weight excluding hydrogens is 272 g/mol. The number of benzene rings is 1. The summed E-state index contributed by atoms with van der Waals surface area (Å²) in [5.41, 5.74) is 0.982. The van der Waals surface area contributed by atoms with Crippen molar-refractivity contribution in [2.75, 3.05) is 5.32 Å². The van der Waals surface area contributed by atoms with Gasteiger partial charge in [0.1, 0.15) is 0 Å². The van der Waals surface area contributed by atoms with Crippen LogP contribution in [0.4, 0.5) is 5.13 Å². The molecule has 2 aromatic rings. The number of anilines is 1. The predicted molar refractivity (Wildman–Crippen MR) is 79.0 cm³/mol. The molecule has 5 heteroatoms. The van der Waals surface area contributed by atoms with Crippen LogP contribution in [0.5, 0.6) is 0 Å². The molecule has 1 aromatic heterocycles. The summed E-state index contributed by atoms with van der Waals surface area (Å²) in [6, 6.07) is 8.07. The molecule has 2 aliphatic carbocycles. The zero-order chi connectivity index (χ0) is 13.7. The molecule has 0 aliphatic heterocycles. The Kier molecular flexibility index (Phi) is 2.70. The van der Waals surface area contributed by atoms with Gasteiger partial charge in [0.25, 0.3) is 0 Å². The smallest absolute Gasteiger partial charge is 0.308 e. The van der Waals surface area contributed by atoms with Gasteiger partial charge in [-0.3, -0.25) is 4.79 Å². The molecule has 0 saturated heterocycles. The van der Waals surface area contributed by atoms with E-state index in [1.54, 1.807) is 11.3 Å². The Labute approximate surface area is 120 Å². The molecule has 2 saturated carbocycles. The molecule has 2 N–H and O–H groups in total. The number of carboxylic acid groups (broad SMARTS) is 1. The third-order valence-corrected chi connectivity index (χ3v) is 5.75. The fourth-order valence-corrected chi connectivity index (χ4v) is 4.84. The van der Waals surface area contributed by atoms with Crippen LogP contribution in [0.3, 0.4) is 0 Å². The number of aromatic nitrogens is 1. The Morgan fingerprint density at radius 1 is 1.30 bits per heavy atom. The van der Waals surface area contributed by atoms with E-state index in [-0.39, 0.29) is 12.0 Å². The molecule has 1 aromatic carbocycles. The Morgan fingerprint density at radius 3 is 2.90 bits per heavy atom. The number of nitrogens with one attached hydrogen (secondary N) is 1. The Bertz CT molecular complexity index is 636. The highest BCUT2D eigenvalue weighted by molar-refractivity contribution is 7.22. The Hall–Kier alpha value is -1.62. The van der Waals surface area contributed by atoms with Crippen LogP contribution in [0.25, 0.3) is 10.2 Å². The van der Waals surface area contributed by atoms with Gasteiger partial charge in [-0.1, -0.05) is 23.5 Å². The van der Waals surface area contributed by atoms with Crippen LogP contribution in [-0.4, -0.2) is 22.1 Å². The first-order chi connectivity index (χ1) is 9.72. The predicted octanol–water partition coefficient (Wildman–Crippen LogP) is 3.21. The number of rotatable bonds is 3. The van der Waals surface area contributed by atoms with E-state index in [4.69, 9.17) is 0 Å². The van der Waals surface area contributed by atoms with E-state index in [1.165, 1.54) is 0 Å². The first-order valence-electron chi connectivity index (χ1n) is 7.07. The first-order valence-corrected chi connectivity index (χ1v) is 7.89. The molecular formula is C15H16N2O2S. The second-order valence-corrected chi connectivity index (χ2v) is 6.88. The van der Waals surface area contributed by atoms with Gasteiger partial charge < -0.3 is 10.4 Å². The van der Waals surface area contributed by atoms with Crippen molar-refractivity contribution in [3.8, 4) is 0 Å². The zero-order valence-corrected chi connectivity index (χ0v) is 11.8. The quantitative estimate of drug-likeness (QED) is 0.910. The van der Waals surface area contributed by atoms with Crippen molar-refractivity contribution in [3.05, 3.63) is 24.3 Å². The van der Waals surface area contributed by atoms with Gasteiger partial charge in [0.05, 0.1) is 16.1 Å². The van der Waals surface area contributed by atoms with Crippen molar-refractivity contribution in [1.29, 1.82) is 0 Å². The van der Waals surface area contributed by atoms with E-state index >= 15 is 0 Å². The number of hydrogen-bond donors (Lipinski definition) is 2. The zero-order valence-electron chi connectivity index (χ0n) is 11.0. The van der Waals surface area contributed by atoms with Crippen molar-refractivity contribution in [1.82, 2.24) is 4.98 Å². The van der Waals surface area contributed by atoms with E-state index in [1.807, 2.05) is 24.3 Å². The van der Waals surface area contributed by atoms with Crippen molar-refractivity contribution < 1.29 is 9.90 Å². The molecule has 0 radical (unpaired) electrons. The maximum Gasteiger partial charge on any atom is 0.308 e. The third-order valence-electron chi connectivity index (χ3n) is 4.79. The van der Waals surface area contributed by atoms with E-state index in [0.717, 1.165) is 34.6 Å². The average molecular weight is 288 g/mol. The van der Waals surface area contributed by atoms with E-state index in [2.05, 4.69) is 10.3 Å². The number of aliphatic carboxylic acids is 1. The lowest BCUT2D eigenvalue weighted by Gasteiger charge is -2.28. The summed E-state index contributed by atoms with van der Waals surface area (Å²) >= 11 is 1.61. The third kappa shape index (κ3) is 1.80. The Balaban J connectivity index is 1.62.